The van der Waals surface area contributed by atoms with Crippen LogP contribution in [0.25, 0.3) is 83.3 Å². The number of aromatic nitrogens is 16. The number of aryl methyl sites for hydroxylation is 3. The second-order valence-corrected chi connectivity index (χ2v) is 29.6. The summed E-state index contributed by atoms with van der Waals surface area (Å²) in [5, 5.41) is 63.9. The first-order chi connectivity index (χ1) is 59.9. The Balaban J connectivity index is 0.000000137. The fourth-order valence-corrected chi connectivity index (χ4v) is 15.2. The van der Waals surface area contributed by atoms with Gasteiger partial charge in [0.1, 0.15) is 41.5 Å². The topological polar surface area (TPSA) is 332 Å². The van der Waals surface area contributed by atoms with Crippen LogP contribution in [0, 0.1) is 82.3 Å². The third-order valence-electron chi connectivity index (χ3n) is 21.5. The van der Waals surface area contributed by atoms with Crippen molar-refractivity contribution in [3.05, 3.63) is 253 Å². The van der Waals surface area contributed by atoms with Gasteiger partial charge in [0.2, 0.25) is 5.91 Å². The fourth-order valence-electron chi connectivity index (χ4n) is 15.2. The predicted octanol–water partition coefficient (Wildman–Crippen LogP) is 12.1. The summed E-state index contributed by atoms with van der Waals surface area (Å²) in [5.74, 6) is 12.3. The maximum absolute atomic E-state index is 14.0. The Bertz CT molecular complexity index is 6790. The molecule has 30 nitrogen and oxygen atoms in total. The number of nitrogens with zero attached hydrogens (tertiary/aromatic N) is 24. The van der Waals surface area contributed by atoms with Crippen molar-refractivity contribution in [1.82, 2.24) is 93.2 Å². The molecule has 15 aromatic rings. The minimum Gasteiger partial charge on any atom is -0.356 e. The first-order valence-electron chi connectivity index (χ1n) is 39.4. The van der Waals surface area contributed by atoms with Crippen LogP contribution < -0.4 is 30.7 Å². The molecule has 0 radical (unpaired) electrons. The van der Waals surface area contributed by atoms with E-state index in [4.69, 9.17) is 27.8 Å². The number of anilines is 5. The molecule has 18 rings (SSSR count). The van der Waals surface area contributed by atoms with Crippen LogP contribution in [0.5, 0.6) is 0 Å². The van der Waals surface area contributed by atoms with Gasteiger partial charge in [-0.15, -0.1) is 18.8 Å². The number of nitrogens with one attached hydrogen (secondary N) is 3. The first-order valence-corrected chi connectivity index (χ1v) is 39.4. The molecule has 1 unspecified atom stereocenters. The number of piperazine rings is 2. The third-order valence-corrected chi connectivity index (χ3v) is 21.5. The zero-order chi connectivity index (χ0) is 85.2. The highest BCUT2D eigenvalue weighted by atomic mass is 19.1. The molecule has 123 heavy (non-hydrogen) atoms. The monoisotopic (exact) mass is 1630 g/mol. The summed E-state index contributed by atoms with van der Waals surface area (Å²) in [6.07, 6.45) is 42.6. The molecule has 2 aromatic carbocycles. The number of pyridine rings is 7. The molecule has 31 heteroatoms. The first kappa shape index (κ1) is 80.0. The van der Waals surface area contributed by atoms with Gasteiger partial charge in [-0.3, -0.25) is 23.8 Å². The number of rotatable bonds is 14. The maximum Gasteiger partial charge on any atom is 0.322 e. The van der Waals surface area contributed by atoms with E-state index in [0.29, 0.717) is 110 Å². The zero-order valence-electron chi connectivity index (χ0n) is 67.4. The van der Waals surface area contributed by atoms with Gasteiger partial charge in [0, 0.05) is 244 Å². The smallest absolute Gasteiger partial charge is 0.322 e. The Hall–Kier alpha value is -16.8. The van der Waals surface area contributed by atoms with E-state index in [-0.39, 0.29) is 23.9 Å². The van der Waals surface area contributed by atoms with Gasteiger partial charge in [-0.2, -0.15) is 46.4 Å². The minimum atomic E-state index is -0.443. The highest BCUT2D eigenvalue weighted by Gasteiger charge is 2.30. The molecule has 3 N–H and O–H groups in total. The lowest BCUT2D eigenvalue weighted by molar-refractivity contribution is -0.120. The highest BCUT2D eigenvalue weighted by Crippen LogP contribution is 2.37. The summed E-state index contributed by atoms with van der Waals surface area (Å²) >= 11 is 0. The van der Waals surface area contributed by atoms with Gasteiger partial charge in [-0.1, -0.05) is 29.9 Å². The normalized spacial score (nSPS) is 13.7. The van der Waals surface area contributed by atoms with Crippen LogP contribution in [0.2, 0.25) is 0 Å². The Morgan fingerprint density at radius 2 is 0.902 bits per heavy atom. The van der Waals surface area contributed by atoms with Crippen molar-refractivity contribution in [3.8, 4) is 121 Å². The molecule has 13 aromatic heterocycles. The number of carbonyl (C=O) groups excluding carboxylic acids is 3. The molecular weight excluding hydrogens is 1550 g/mol. The number of hydrogen-bond donors (Lipinski definition) is 3. The fraction of sp³-hybridized carbons (Fsp3) is 0.196. The molecule has 3 aliphatic rings. The van der Waals surface area contributed by atoms with Crippen LogP contribution in [0.1, 0.15) is 58.7 Å². The van der Waals surface area contributed by atoms with Crippen LogP contribution in [-0.4, -0.2) is 171 Å². The molecule has 606 valence electrons. The average molecular weight is 1630 g/mol. The Labute approximate surface area is 706 Å². The van der Waals surface area contributed by atoms with Crippen molar-refractivity contribution < 1.29 is 18.8 Å². The molecule has 0 aliphatic carbocycles. The Kier molecular flexibility index (Phi) is 23.2. The number of urea groups is 2. The van der Waals surface area contributed by atoms with Crippen LogP contribution in [0.4, 0.5) is 42.8 Å². The van der Waals surface area contributed by atoms with Crippen molar-refractivity contribution in [1.29, 1.82) is 15.8 Å². The van der Waals surface area contributed by atoms with Crippen LogP contribution in [-0.2, 0) is 32.5 Å². The van der Waals surface area contributed by atoms with Crippen LogP contribution >= 0.6 is 0 Å². The molecule has 0 saturated carbocycles. The van der Waals surface area contributed by atoms with E-state index >= 15 is 0 Å². The van der Waals surface area contributed by atoms with E-state index in [1.807, 2.05) is 154 Å². The highest BCUT2D eigenvalue weighted by molar-refractivity contribution is 5.94. The van der Waals surface area contributed by atoms with Crippen molar-refractivity contribution in [2.45, 2.75) is 26.3 Å². The van der Waals surface area contributed by atoms with Gasteiger partial charge in [-0.25, -0.2) is 42.5 Å². The molecule has 16 heterocycles. The lowest BCUT2D eigenvalue weighted by atomic mass is 9.96. The molecule has 0 bridgehead atoms. The summed E-state index contributed by atoms with van der Waals surface area (Å²) in [5.41, 5.74) is 18.4. The lowest BCUT2D eigenvalue weighted by Crippen LogP contribution is -2.51. The lowest BCUT2D eigenvalue weighted by Gasteiger charge is -2.35. The van der Waals surface area contributed by atoms with Gasteiger partial charge < -0.3 is 40.4 Å². The standard InChI is InChI=1S/C32H27FN8O.C31H27N9O.C29H24N10O/c1-3-5-21-10-27(33)13-28(11-21)38-32(42)23-6-4-9-40(19-23)30-8-7-22(15-35-30)29-12-24(26-17-36-39(2)18-26)20-41-31(29)25(14-34)16-37-41;1-3-22-4-6-23(7-5-22)16-34-31(41)39-12-10-38(11-13-39)29-9-8-24(17-33-29)28-14-25(27-19-35-37(2)20-27)21-40-30(28)26(15-32)18-36-40;1-3-20-10-25(17-31-13-20)35-29(40)38-8-6-37(7-9-38)27-5-4-21(14-32-27)26-11-22(24-16-33-36(2)18-24)19-39-28(26)23(12-30)15-34-39/h7-8,10-13,15-18,20,23H,4,6,9,19H2,1-2H3,(H,38,42);1,4-9,14,17-21H,10-13,16H2,2H3,(H,34,41);1,4-5,10-11,13-19H,6-9H2,2H3,(H,35,40). The number of piperidine rings is 1. The van der Waals surface area contributed by atoms with Gasteiger partial charge >= 0.3 is 12.1 Å². The number of terminal acetylenes is 2. The summed E-state index contributed by atoms with van der Waals surface area (Å²) in [6, 6.07) is 38.1. The zero-order valence-corrected chi connectivity index (χ0v) is 67.4. The van der Waals surface area contributed by atoms with Crippen molar-refractivity contribution >= 4 is 63.3 Å². The van der Waals surface area contributed by atoms with Crippen LogP contribution in [0.15, 0.2) is 208 Å². The molecule has 5 amide bonds. The van der Waals surface area contributed by atoms with E-state index in [1.54, 1.807) is 107 Å². The number of amides is 5. The number of halogens is 1. The van der Waals surface area contributed by atoms with E-state index < -0.39 is 5.82 Å². The number of hydrogen-bond acceptors (Lipinski definition) is 19. The Morgan fingerprint density at radius 3 is 1.33 bits per heavy atom. The van der Waals surface area contributed by atoms with Gasteiger partial charge in [-0.05, 0) is 116 Å². The maximum atomic E-state index is 14.0. The molecule has 3 fully saturated rings. The summed E-state index contributed by atoms with van der Waals surface area (Å²) < 4.78 is 24.5. The van der Waals surface area contributed by atoms with Crippen molar-refractivity contribution in [2.24, 2.45) is 27.1 Å². The van der Waals surface area contributed by atoms with Crippen molar-refractivity contribution in [3.63, 3.8) is 0 Å². The van der Waals surface area contributed by atoms with E-state index in [1.165, 1.54) is 12.1 Å². The Morgan fingerprint density at radius 1 is 0.447 bits per heavy atom. The second-order valence-electron chi connectivity index (χ2n) is 29.6. The van der Waals surface area contributed by atoms with Crippen LogP contribution in [0.3, 0.4) is 0 Å². The SMILES string of the molecule is C#Cc1ccc(CNC(=O)N2CCN(c3ccc(-c4cc(-c5cnn(C)c5)cn5ncc(C#N)c45)cn3)CC2)cc1.C#Cc1cncc(NC(=O)N2CCN(c3ccc(-c4cc(-c5cnn(C)c5)cn5ncc(C#N)c45)cn3)CC2)c1.CC#Cc1cc(F)cc(NC(=O)C2CCCN(c3ccc(-c4cc(-c5cnn(C)c5)cn5ncc(C#N)c45)cn3)C2)c1. The number of fused-ring (bicyclic) bond motifs is 3. The minimum absolute atomic E-state index is 0.0828. The van der Waals surface area contributed by atoms with Gasteiger partial charge in [0.05, 0.1) is 88.2 Å². The molecule has 3 saturated heterocycles. The third kappa shape index (κ3) is 17.8. The van der Waals surface area contributed by atoms with Crippen molar-refractivity contribution in [2.75, 3.05) is 90.8 Å². The van der Waals surface area contributed by atoms with Gasteiger partial charge in [0.25, 0.3) is 0 Å². The van der Waals surface area contributed by atoms with E-state index in [9.17, 15) is 34.6 Å². The summed E-state index contributed by atoms with van der Waals surface area (Å²) in [6.45, 7) is 8.34. The van der Waals surface area contributed by atoms with Gasteiger partial charge in [0.15, 0.2) is 0 Å². The molecule has 3 aliphatic heterocycles. The summed E-state index contributed by atoms with van der Waals surface area (Å²) in [4.78, 5) is 66.9. The quantitative estimate of drug-likeness (QED) is 0.0851. The largest absolute Gasteiger partial charge is 0.356 e. The van der Waals surface area contributed by atoms with E-state index in [2.05, 4.69) is 108 Å². The average Bonchev–Trinajstić information content (AvgIpc) is 1.66. The second kappa shape index (κ2) is 35.6. The molecule has 1 atom stereocenters. The molecular formula is C92H78FN27O3. The summed E-state index contributed by atoms with van der Waals surface area (Å²) in [7, 11) is 5.61. The molecule has 0 spiro atoms. The number of carbonyl (C=O) groups is 3. The number of nitriles is 3. The van der Waals surface area contributed by atoms with E-state index in [0.717, 1.165) is 126 Å². The number of benzene rings is 2. The predicted molar refractivity (Wildman–Crippen MR) is 464 cm³/mol.